The van der Waals surface area contributed by atoms with E-state index in [0.29, 0.717) is 12.8 Å². The van der Waals surface area contributed by atoms with Crippen LogP contribution < -0.4 is 0 Å². The Balaban J connectivity index is 2.97. The van der Waals surface area contributed by atoms with Crippen molar-refractivity contribution in [3.63, 3.8) is 0 Å². The minimum absolute atomic E-state index is 0.0681. The van der Waals surface area contributed by atoms with E-state index in [0.717, 1.165) is 12.0 Å². The Bertz CT molecular complexity index is 418. The van der Waals surface area contributed by atoms with Crippen LogP contribution in [0.25, 0.3) is 0 Å². The third-order valence-electron chi connectivity index (χ3n) is 3.04. The molecule has 3 nitrogen and oxygen atoms in total. The van der Waals surface area contributed by atoms with Crippen molar-refractivity contribution in [1.29, 1.82) is 0 Å². The molecule has 2 atom stereocenters. The second kappa shape index (κ2) is 6.50. The SMILES string of the molecule is CCCCC(C(=O)O)C(O)c1cc(C)ccc1F. The number of aliphatic hydroxyl groups is 1. The first kappa shape index (κ1) is 14.6. The van der Waals surface area contributed by atoms with Crippen molar-refractivity contribution in [3.05, 3.63) is 35.1 Å². The van der Waals surface area contributed by atoms with E-state index in [1.54, 1.807) is 13.0 Å². The predicted molar refractivity (Wildman–Crippen MR) is 66.7 cm³/mol. The van der Waals surface area contributed by atoms with E-state index in [1.165, 1.54) is 12.1 Å². The monoisotopic (exact) mass is 254 g/mol. The zero-order valence-electron chi connectivity index (χ0n) is 10.7. The molecule has 0 saturated heterocycles. The highest BCUT2D eigenvalue weighted by Gasteiger charge is 2.29. The Hall–Kier alpha value is -1.42. The third kappa shape index (κ3) is 3.53. The van der Waals surface area contributed by atoms with Crippen LogP contribution in [0, 0.1) is 18.7 Å². The first-order valence-corrected chi connectivity index (χ1v) is 6.14. The van der Waals surface area contributed by atoms with E-state index in [1.807, 2.05) is 6.92 Å². The molecule has 0 aliphatic rings. The van der Waals surface area contributed by atoms with Gasteiger partial charge >= 0.3 is 5.97 Å². The summed E-state index contributed by atoms with van der Waals surface area (Å²) >= 11 is 0. The maximum atomic E-state index is 13.6. The van der Waals surface area contributed by atoms with Crippen molar-refractivity contribution < 1.29 is 19.4 Å². The van der Waals surface area contributed by atoms with Gasteiger partial charge in [-0.25, -0.2) is 4.39 Å². The lowest BCUT2D eigenvalue weighted by Crippen LogP contribution is -2.23. The summed E-state index contributed by atoms with van der Waals surface area (Å²) in [6.45, 7) is 3.72. The fraction of sp³-hybridized carbons (Fsp3) is 0.500. The fourth-order valence-corrected chi connectivity index (χ4v) is 1.95. The van der Waals surface area contributed by atoms with E-state index in [-0.39, 0.29) is 5.56 Å². The van der Waals surface area contributed by atoms with Crippen molar-refractivity contribution in [2.45, 2.75) is 39.2 Å². The molecule has 0 spiro atoms. The van der Waals surface area contributed by atoms with Crippen molar-refractivity contribution in [3.8, 4) is 0 Å². The first-order chi connectivity index (χ1) is 8.47. The number of carboxylic acids is 1. The summed E-state index contributed by atoms with van der Waals surface area (Å²) in [6, 6.07) is 4.35. The number of aliphatic hydroxyl groups excluding tert-OH is 1. The van der Waals surface area contributed by atoms with Crippen molar-refractivity contribution >= 4 is 5.97 Å². The van der Waals surface area contributed by atoms with Crippen LogP contribution in [-0.2, 0) is 4.79 Å². The number of aryl methyl sites for hydroxylation is 1. The topological polar surface area (TPSA) is 57.5 Å². The Kier molecular flexibility index (Phi) is 5.28. The molecule has 18 heavy (non-hydrogen) atoms. The molecule has 1 aromatic carbocycles. The molecule has 0 aliphatic carbocycles. The van der Waals surface area contributed by atoms with E-state index >= 15 is 0 Å². The molecule has 0 radical (unpaired) electrons. The van der Waals surface area contributed by atoms with E-state index in [9.17, 15) is 14.3 Å². The molecule has 0 amide bonds. The number of rotatable bonds is 6. The van der Waals surface area contributed by atoms with Gasteiger partial charge in [-0.3, -0.25) is 4.79 Å². The normalized spacial score (nSPS) is 14.2. The molecule has 4 heteroatoms. The maximum absolute atomic E-state index is 13.6. The van der Waals surface area contributed by atoms with Gasteiger partial charge in [0, 0.05) is 5.56 Å². The summed E-state index contributed by atoms with van der Waals surface area (Å²) < 4.78 is 13.6. The highest BCUT2D eigenvalue weighted by Crippen LogP contribution is 2.29. The number of hydrogen-bond acceptors (Lipinski definition) is 2. The predicted octanol–water partition coefficient (Wildman–Crippen LogP) is 3.06. The van der Waals surface area contributed by atoms with Crippen molar-refractivity contribution in [1.82, 2.24) is 0 Å². The summed E-state index contributed by atoms with van der Waals surface area (Å²) in [5.41, 5.74) is 0.864. The number of hydrogen-bond donors (Lipinski definition) is 2. The third-order valence-corrected chi connectivity index (χ3v) is 3.04. The van der Waals surface area contributed by atoms with E-state index < -0.39 is 23.8 Å². The Labute approximate surface area is 106 Å². The van der Waals surface area contributed by atoms with Gasteiger partial charge < -0.3 is 10.2 Å². The Morgan fingerprint density at radius 1 is 1.44 bits per heavy atom. The Morgan fingerprint density at radius 2 is 2.11 bits per heavy atom. The zero-order valence-corrected chi connectivity index (χ0v) is 10.7. The summed E-state index contributed by atoms with van der Waals surface area (Å²) in [5.74, 6) is -2.60. The summed E-state index contributed by atoms with van der Waals surface area (Å²) in [5, 5.41) is 19.2. The van der Waals surface area contributed by atoms with Crippen LogP contribution in [0.3, 0.4) is 0 Å². The molecule has 0 heterocycles. The molecule has 0 bridgehead atoms. The van der Waals surface area contributed by atoms with Gasteiger partial charge in [-0.15, -0.1) is 0 Å². The van der Waals surface area contributed by atoms with Crippen molar-refractivity contribution in [2.75, 3.05) is 0 Å². The maximum Gasteiger partial charge on any atom is 0.309 e. The van der Waals surface area contributed by atoms with Crippen LogP contribution in [0.4, 0.5) is 4.39 Å². The van der Waals surface area contributed by atoms with Gasteiger partial charge in [0.15, 0.2) is 0 Å². The van der Waals surface area contributed by atoms with Gasteiger partial charge in [-0.1, -0.05) is 37.5 Å². The van der Waals surface area contributed by atoms with Gasteiger partial charge in [-0.2, -0.15) is 0 Å². The number of unbranched alkanes of at least 4 members (excludes halogenated alkanes) is 1. The number of aliphatic carboxylic acids is 1. The molecule has 0 saturated carbocycles. The van der Waals surface area contributed by atoms with Gasteiger partial charge in [-0.05, 0) is 19.4 Å². The van der Waals surface area contributed by atoms with Crippen LogP contribution in [0.15, 0.2) is 18.2 Å². The minimum atomic E-state index is -1.30. The van der Waals surface area contributed by atoms with Crippen LogP contribution in [0.2, 0.25) is 0 Å². The van der Waals surface area contributed by atoms with E-state index in [2.05, 4.69) is 0 Å². The summed E-state index contributed by atoms with van der Waals surface area (Å²) in [7, 11) is 0. The molecule has 2 unspecified atom stereocenters. The lowest BCUT2D eigenvalue weighted by atomic mass is 9.90. The molecule has 1 aromatic rings. The molecule has 2 N–H and O–H groups in total. The fourth-order valence-electron chi connectivity index (χ4n) is 1.95. The van der Waals surface area contributed by atoms with Crippen LogP contribution in [-0.4, -0.2) is 16.2 Å². The van der Waals surface area contributed by atoms with Gasteiger partial charge in [0.25, 0.3) is 0 Å². The Morgan fingerprint density at radius 3 is 2.67 bits per heavy atom. The average Bonchev–Trinajstić information content (AvgIpc) is 2.32. The summed E-state index contributed by atoms with van der Waals surface area (Å²) in [4.78, 5) is 11.1. The number of carboxylic acid groups (broad SMARTS) is 1. The lowest BCUT2D eigenvalue weighted by Gasteiger charge is -2.20. The molecule has 0 aromatic heterocycles. The lowest BCUT2D eigenvalue weighted by molar-refractivity contribution is -0.146. The van der Waals surface area contributed by atoms with Gasteiger partial charge in [0.1, 0.15) is 5.82 Å². The number of carbonyl (C=O) groups is 1. The number of halogens is 1. The molecular weight excluding hydrogens is 235 g/mol. The van der Waals surface area contributed by atoms with E-state index in [4.69, 9.17) is 5.11 Å². The average molecular weight is 254 g/mol. The van der Waals surface area contributed by atoms with Gasteiger partial charge in [0.2, 0.25) is 0 Å². The molecule has 0 aliphatic heterocycles. The second-order valence-corrected chi connectivity index (χ2v) is 4.56. The van der Waals surface area contributed by atoms with Crippen LogP contribution in [0.5, 0.6) is 0 Å². The van der Waals surface area contributed by atoms with Crippen LogP contribution in [0.1, 0.15) is 43.4 Å². The first-order valence-electron chi connectivity index (χ1n) is 6.14. The molecule has 100 valence electrons. The smallest absolute Gasteiger partial charge is 0.309 e. The molecule has 1 rings (SSSR count). The molecule has 0 fully saturated rings. The highest BCUT2D eigenvalue weighted by molar-refractivity contribution is 5.71. The van der Waals surface area contributed by atoms with Crippen LogP contribution >= 0.6 is 0 Å². The quantitative estimate of drug-likeness (QED) is 0.820. The van der Waals surface area contributed by atoms with Gasteiger partial charge in [0.05, 0.1) is 12.0 Å². The largest absolute Gasteiger partial charge is 0.481 e. The summed E-state index contributed by atoms with van der Waals surface area (Å²) in [6.07, 6.45) is 0.586. The van der Waals surface area contributed by atoms with Crippen molar-refractivity contribution in [2.24, 2.45) is 5.92 Å². The second-order valence-electron chi connectivity index (χ2n) is 4.56. The minimum Gasteiger partial charge on any atom is -0.481 e. The standard InChI is InChI=1S/C14H19FO3/c1-3-4-5-10(14(17)18)13(16)11-8-9(2)6-7-12(11)15/h6-8,10,13,16H,3-5H2,1-2H3,(H,17,18). The molecular formula is C14H19FO3. The zero-order chi connectivity index (χ0) is 13.7. The number of benzene rings is 1. The highest BCUT2D eigenvalue weighted by atomic mass is 19.1.